The first-order chi connectivity index (χ1) is 6.61. The molecule has 1 aliphatic heterocycles. The summed E-state index contributed by atoms with van der Waals surface area (Å²) in [7, 11) is 1.61. The number of nitrogens with one attached hydrogen (secondary N) is 1. The van der Waals surface area contributed by atoms with Crippen molar-refractivity contribution < 1.29 is 9.59 Å². The Hall–Kier alpha value is -1.10. The average molecular weight is 199 g/mol. The van der Waals surface area contributed by atoms with Crippen LogP contribution in [0.4, 0.5) is 0 Å². The second-order valence-corrected chi connectivity index (χ2v) is 3.70. The van der Waals surface area contributed by atoms with Crippen molar-refractivity contribution >= 4 is 11.8 Å². The number of nitrogens with zero attached hydrogens (tertiary/aromatic N) is 1. The van der Waals surface area contributed by atoms with Gasteiger partial charge in [-0.25, -0.2) is 0 Å². The van der Waals surface area contributed by atoms with Crippen LogP contribution in [-0.2, 0) is 9.59 Å². The molecule has 1 saturated heterocycles. The molecule has 1 aliphatic rings. The van der Waals surface area contributed by atoms with Gasteiger partial charge in [0.2, 0.25) is 11.8 Å². The molecule has 0 spiro atoms. The summed E-state index contributed by atoms with van der Waals surface area (Å²) in [4.78, 5) is 23.7. The lowest BCUT2D eigenvalue weighted by molar-refractivity contribution is -0.137. The van der Waals surface area contributed by atoms with Crippen molar-refractivity contribution in [1.82, 2.24) is 10.2 Å². The molecule has 0 aromatic heterocycles. The van der Waals surface area contributed by atoms with Crippen molar-refractivity contribution in [1.29, 1.82) is 0 Å². The van der Waals surface area contributed by atoms with Crippen molar-refractivity contribution in [2.24, 2.45) is 11.7 Å². The molecule has 0 bridgehead atoms. The van der Waals surface area contributed by atoms with Crippen LogP contribution >= 0.6 is 0 Å². The number of hydrogen-bond acceptors (Lipinski definition) is 3. The monoisotopic (exact) mass is 199 g/mol. The third-order valence-electron chi connectivity index (χ3n) is 2.42. The Morgan fingerprint density at radius 2 is 2.29 bits per heavy atom. The number of piperidine rings is 1. The third-order valence-corrected chi connectivity index (χ3v) is 2.42. The number of nitrogens with two attached hydrogens (primary N) is 1. The molecule has 80 valence electrons. The van der Waals surface area contributed by atoms with Crippen molar-refractivity contribution in [2.75, 3.05) is 26.7 Å². The molecule has 1 fully saturated rings. The van der Waals surface area contributed by atoms with E-state index < -0.39 is 5.91 Å². The van der Waals surface area contributed by atoms with E-state index in [4.69, 9.17) is 5.73 Å². The Labute approximate surface area is 83.6 Å². The van der Waals surface area contributed by atoms with Gasteiger partial charge in [-0.15, -0.1) is 0 Å². The molecule has 1 heterocycles. The quantitative estimate of drug-likeness (QED) is 0.607. The molecule has 5 nitrogen and oxygen atoms in total. The van der Waals surface area contributed by atoms with Gasteiger partial charge >= 0.3 is 0 Å². The van der Waals surface area contributed by atoms with Crippen LogP contribution in [0.5, 0.6) is 0 Å². The summed E-state index contributed by atoms with van der Waals surface area (Å²) in [5.74, 6) is -0.450. The lowest BCUT2D eigenvalue weighted by atomic mass is 9.98. The Morgan fingerprint density at radius 1 is 1.57 bits per heavy atom. The fourth-order valence-corrected chi connectivity index (χ4v) is 1.69. The van der Waals surface area contributed by atoms with Crippen LogP contribution < -0.4 is 11.1 Å². The van der Waals surface area contributed by atoms with Gasteiger partial charge in [0, 0.05) is 13.6 Å². The van der Waals surface area contributed by atoms with E-state index in [0.717, 1.165) is 19.4 Å². The van der Waals surface area contributed by atoms with E-state index in [1.165, 1.54) is 4.90 Å². The van der Waals surface area contributed by atoms with Crippen molar-refractivity contribution in [3.05, 3.63) is 0 Å². The van der Waals surface area contributed by atoms with Gasteiger partial charge in [-0.1, -0.05) is 0 Å². The summed E-state index contributed by atoms with van der Waals surface area (Å²) in [6, 6.07) is 0. The zero-order valence-corrected chi connectivity index (χ0v) is 8.45. The van der Waals surface area contributed by atoms with Gasteiger partial charge in [0.05, 0.1) is 12.5 Å². The van der Waals surface area contributed by atoms with E-state index in [-0.39, 0.29) is 18.4 Å². The smallest absolute Gasteiger partial charge is 0.237 e. The predicted molar refractivity (Wildman–Crippen MR) is 52.4 cm³/mol. The highest BCUT2D eigenvalue weighted by molar-refractivity contribution is 5.85. The highest BCUT2D eigenvalue weighted by Gasteiger charge is 2.24. The minimum absolute atomic E-state index is 0.00750. The molecule has 0 aromatic rings. The molecule has 0 radical (unpaired) electrons. The van der Waals surface area contributed by atoms with Crippen LogP contribution in [0.2, 0.25) is 0 Å². The summed E-state index contributed by atoms with van der Waals surface area (Å²) in [6.45, 7) is 1.70. The van der Waals surface area contributed by atoms with Crippen molar-refractivity contribution in [3.63, 3.8) is 0 Å². The lowest BCUT2D eigenvalue weighted by Crippen LogP contribution is -2.44. The van der Waals surface area contributed by atoms with E-state index in [1.54, 1.807) is 7.05 Å². The number of carbonyl (C=O) groups is 2. The van der Waals surface area contributed by atoms with Gasteiger partial charge < -0.3 is 16.0 Å². The second-order valence-electron chi connectivity index (χ2n) is 3.70. The van der Waals surface area contributed by atoms with Crippen LogP contribution in [0.1, 0.15) is 12.8 Å². The topological polar surface area (TPSA) is 75.4 Å². The number of hydrogen-bond donors (Lipinski definition) is 2. The van der Waals surface area contributed by atoms with E-state index >= 15 is 0 Å². The number of amides is 2. The minimum Gasteiger partial charge on any atom is -0.368 e. The largest absolute Gasteiger partial charge is 0.368 e. The zero-order chi connectivity index (χ0) is 10.6. The Kier molecular flexibility index (Phi) is 3.88. The van der Waals surface area contributed by atoms with Crippen LogP contribution in [0.15, 0.2) is 0 Å². The fourth-order valence-electron chi connectivity index (χ4n) is 1.69. The maximum Gasteiger partial charge on any atom is 0.237 e. The van der Waals surface area contributed by atoms with Gasteiger partial charge in [-0.05, 0) is 19.4 Å². The van der Waals surface area contributed by atoms with E-state index in [2.05, 4.69) is 5.32 Å². The van der Waals surface area contributed by atoms with E-state index in [0.29, 0.717) is 6.54 Å². The van der Waals surface area contributed by atoms with Gasteiger partial charge in [-0.2, -0.15) is 0 Å². The van der Waals surface area contributed by atoms with E-state index in [9.17, 15) is 9.59 Å². The first kappa shape index (κ1) is 11.0. The highest BCUT2D eigenvalue weighted by atomic mass is 16.2. The maximum atomic E-state index is 11.7. The fraction of sp³-hybridized carbons (Fsp3) is 0.778. The SMILES string of the molecule is CN(CC(N)=O)C(=O)[C@H]1CCCNC1. The standard InChI is InChI=1S/C9H17N3O2/c1-12(6-8(10)13)9(14)7-3-2-4-11-5-7/h7,11H,2-6H2,1H3,(H2,10,13)/t7-/m0/s1. The van der Waals surface area contributed by atoms with Crippen LogP contribution in [0.3, 0.4) is 0 Å². The Bertz CT molecular complexity index is 224. The normalized spacial score (nSPS) is 21.6. The molecule has 2 amide bonds. The third kappa shape index (κ3) is 2.99. The number of likely N-dealkylation sites (N-methyl/N-ethyl adjacent to an activating group) is 1. The van der Waals surface area contributed by atoms with Crippen LogP contribution in [-0.4, -0.2) is 43.4 Å². The molecule has 0 aromatic carbocycles. The average Bonchev–Trinajstić information content (AvgIpc) is 2.17. The Balaban J connectivity index is 2.42. The van der Waals surface area contributed by atoms with Crippen LogP contribution in [0.25, 0.3) is 0 Å². The highest BCUT2D eigenvalue weighted by Crippen LogP contribution is 2.12. The zero-order valence-electron chi connectivity index (χ0n) is 8.45. The molecule has 14 heavy (non-hydrogen) atoms. The molecular formula is C9H17N3O2. The molecule has 0 unspecified atom stereocenters. The maximum absolute atomic E-state index is 11.7. The summed E-state index contributed by atoms with van der Waals surface area (Å²) >= 11 is 0. The molecule has 1 atom stereocenters. The molecule has 0 aliphatic carbocycles. The number of primary amides is 1. The number of rotatable bonds is 3. The van der Waals surface area contributed by atoms with Crippen molar-refractivity contribution in [2.45, 2.75) is 12.8 Å². The van der Waals surface area contributed by atoms with Gasteiger partial charge in [0.25, 0.3) is 0 Å². The molecule has 0 saturated carbocycles. The lowest BCUT2D eigenvalue weighted by Gasteiger charge is -2.26. The summed E-state index contributed by atoms with van der Waals surface area (Å²) in [5.41, 5.74) is 5.01. The summed E-state index contributed by atoms with van der Waals surface area (Å²) in [5, 5.41) is 3.16. The first-order valence-electron chi connectivity index (χ1n) is 4.85. The van der Waals surface area contributed by atoms with Crippen molar-refractivity contribution in [3.8, 4) is 0 Å². The summed E-state index contributed by atoms with van der Waals surface area (Å²) in [6.07, 6.45) is 1.91. The number of carbonyl (C=O) groups excluding carboxylic acids is 2. The first-order valence-corrected chi connectivity index (χ1v) is 4.85. The summed E-state index contributed by atoms with van der Waals surface area (Å²) < 4.78 is 0. The van der Waals surface area contributed by atoms with Crippen LogP contribution in [0, 0.1) is 5.92 Å². The van der Waals surface area contributed by atoms with Gasteiger partial charge in [0.15, 0.2) is 0 Å². The second kappa shape index (κ2) is 4.95. The minimum atomic E-state index is -0.468. The molecule has 5 heteroatoms. The van der Waals surface area contributed by atoms with Gasteiger partial charge in [0.1, 0.15) is 0 Å². The molecular weight excluding hydrogens is 182 g/mol. The van der Waals surface area contributed by atoms with Gasteiger partial charge in [-0.3, -0.25) is 9.59 Å². The predicted octanol–water partition coefficient (Wildman–Crippen LogP) is -1.07. The molecule has 3 N–H and O–H groups in total. The Morgan fingerprint density at radius 3 is 2.79 bits per heavy atom. The molecule has 1 rings (SSSR count). The van der Waals surface area contributed by atoms with E-state index in [1.807, 2.05) is 0 Å².